The summed E-state index contributed by atoms with van der Waals surface area (Å²) in [6.07, 6.45) is 8.67. The lowest BCUT2D eigenvalue weighted by atomic mass is 10.1. The van der Waals surface area contributed by atoms with Crippen molar-refractivity contribution in [2.45, 2.75) is 25.3 Å². The van der Waals surface area contributed by atoms with Crippen molar-refractivity contribution in [1.29, 1.82) is 0 Å². The number of aromatic nitrogens is 4. The van der Waals surface area contributed by atoms with Crippen LogP contribution in [0.3, 0.4) is 0 Å². The third-order valence-corrected chi connectivity index (χ3v) is 7.02. The summed E-state index contributed by atoms with van der Waals surface area (Å²) in [5.41, 5.74) is 5.37. The maximum atomic E-state index is 9.73. The minimum absolute atomic E-state index is 0. The van der Waals surface area contributed by atoms with Crippen molar-refractivity contribution in [3.05, 3.63) is 55.0 Å². The monoisotopic (exact) mass is 538 g/mol. The molecule has 1 aliphatic heterocycles. The molecule has 0 radical (unpaired) electrons. The second-order valence-corrected chi connectivity index (χ2v) is 9.42. The van der Waals surface area contributed by atoms with E-state index in [1.54, 1.807) is 31.3 Å². The largest absolute Gasteiger partial charge is 0.497 e. The molecule has 0 bridgehead atoms. The predicted octanol–water partition coefficient (Wildman–Crippen LogP) is 4.45. The summed E-state index contributed by atoms with van der Waals surface area (Å²) < 4.78 is 12.9. The van der Waals surface area contributed by atoms with Gasteiger partial charge in [-0.25, -0.2) is 4.98 Å². The number of aliphatic hydroxyl groups excluding tert-OH is 1. The SMILES string of the molecule is COc1cc(OC)cc(N(CCCN2CCC[C@H]2CO)c2ccc3ncc(-c4cnn(C)c4)nc3c2)c1.Cl. The van der Waals surface area contributed by atoms with E-state index in [9.17, 15) is 5.11 Å². The fourth-order valence-corrected chi connectivity index (χ4v) is 5.04. The summed E-state index contributed by atoms with van der Waals surface area (Å²) in [4.78, 5) is 14.2. The second-order valence-electron chi connectivity index (χ2n) is 9.42. The summed E-state index contributed by atoms with van der Waals surface area (Å²) in [7, 11) is 5.22. The Hall–Kier alpha value is -3.40. The Kier molecular flexibility index (Phi) is 9.04. The molecule has 2 aromatic heterocycles. The quantitative estimate of drug-likeness (QED) is 0.317. The van der Waals surface area contributed by atoms with Crippen LogP contribution < -0.4 is 14.4 Å². The molecular weight excluding hydrogens is 504 g/mol. The van der Waals surface area contributed by atoms with Crippen LogP contribution in [0, 0.1) is 0 Å². The van der Waals surface area contributed by atoms with Gasteiger partial charge in [-0.1, -0.05) is 0 Å². The number of ether oxygens (including phenoxy) is 2. The predicted molar refractivity (Wildman–Crippen MR) is 152 cm³/mol. The highest BCUT2D eigenvalue weighted by atomic mass is 35.5. The molecule has 202 valence electrons. The number of methoxy groups -OCH3 is 2. The van der Waals surface area contributed by atoms with Crippen LogP contribution in [0.25, 0.3) is 22.3 Å². The molecule has 1 aliphatic rings. The average Bonchev–Trinajstić information content (AvgIpc) is 3.58. The molecule has 1 fully saturated rings. The summed E-state index contributed by atoms with van der Waals surface area (Å²) in [5, 5.41) is 14.0. The maximum Gasteiger partial charge on any atom is 0.124 e. The van der Waals surface area contributed by atoms with Crippen LogP contribution in [0.5, 0.6) is 11.5 Å². The van der Waals surface area contributed by atoms with Gasteiger partial charge in [-0.3, -0.25) is 14.6 Å². The first kappa shape index (κ1) is 27.6. The van der Waals surface area contributed by atoms with Crippen LogP contribution in [0.4, 0.5) is 11.4 Å². The van der Waals surface area contributed by atoms with Gasteiger partial charge in [0, 0.05) is 67.5 Å². The highest BCUT2D eigenvalue weighted by Crippen LogP contribution is 2.34. The minimum atomic E-state index is 0. The first-order valence-electron chi connectivity index (χ1n) is 12.7. The molecule has 5 rings (SSSR count). The summed E-state index contributed by atoms with van der Waals surface area (Å²) >= 11 is 0. The van der Waals surface area contributed by atoms with Gasteiger partial charge in [0.1, 0.15) is 11.5 Å². The van der Waals surface area contributed by atoms with Gasteiger partial charge < -0.3 is 19.5 Å². The first-order chi connectivity index (χ1) is 18.1. The summed E-state index contributed by atoms with van der Waals surface area (Å²) in [6.45, 7) is 2.98. The number of aliphatic hydroxyl groups is 1. The van der Waals surface area contributed by atoms with Crippen LogP contribution in [-0.2, 0) is 7.05 Å². The van der Waals surface area contributed by atoms with Crippen molar-refractivity contribution in [2.75, 3.05) is 45.4 Å². The standard InChI is InChI=1S/C28H34N6O3.ClH/c1-32-18-20(16-30-32)28-17-29-26-8-7-21(14-27(26)31-28)34(11-5-10-33-9-4-6-22(33)19-35)23-12-24(36-2)15-25(13-23)37-3;/h7-8,12-18,22,35H,4-6,9-11,19H2,1-3H3;1H/t22-;/m0./s1. The van der Waals surface area contributed by atoms with Crippen molar-refractivity contribution in [3.8, 4) is 22.8 Å². The van der Waals surface area contributed by atoms with E-state index >= 15 is 0 Å². The zero-order valence-electron chi connectivity index (χ0n) is 22.1. The van der Waals surface area contributed by atoms with E-state index in [0.29, 0.717) is 0 Å². The van der Waals surface area contributed by atoms with Gasteiger partial charge in [0.2, 0.25) is 0 Å². The molecule has 1 N–H and O–H groups in total. The molecule has 3 heterocycles. The van der Waals surface area contributed by atoms with E-state index in [-0.39, 0.29) is 25.1 Å². The van der Waals surface area contributed by atoms with Gasteiger partial charge in [0.15, 0.2) is 0 Å². The molecule has 1 atom stereocenters. The molecular formula is C28H35ClN6O3. The lowest BCUT2D eigenvalue weighted by molar-refractivity contribution is 0.158. The second kappa shape index (κ2) is 12.4. The molecule has 10 heteroatoms. The molecule has 1 saturated heterocycles. The van der Waals surface area contributed by atoms with E-state index in [1.807, 2.05) is 37.5 Å². The normalized spacial score (nSPS) is 15.4. The van der Waals surface area contributed by atoms with Crippen molar-refractivity contribution < 1.29 is 14.6 Å². The average molecular weight is 539 g/mol. The summed E-state index contributed by atoms with van der Waals surface area (Å²) in [6, 6.07) is 12.4. The van der Waals surface area contributed by atoms with E-state index in [0.717, 1.165) is 84.1 Å². The fraction of sp³-hybridized carbons (Fsp3) is 0.393. The number of likely N-dealkylation sites (tertiary alicyclic amines) is 1. The van der Waals surface area contributed by atoms with Crippen molar-refractivity contribution in [1.82, 2.24) is 24.6 Å². The topological polar surface area (TPSA) is 88.8 Å². The van der Waals surface area contributed by atoms with Gasteiger partial charge in [0.05, 0.1) is 49.9 Å². The van der Waals surface area contributed by atoms with E-state index in [1.165, 1.54) is 0 Å². The number of fused-ring (bicyclic) bond motifs is 1. The molecule has 38 heavy (non-hydrogen) atoms. The molecule has 2 aromatic carbocycles. The first-order valence-corrected chi connectivity index (χ1v) is 12.7. The Balaban J connectivity index is 0.00000336. The van der Waals surface area contributed by atoms with Gasteiger partial charge in [-0.05, 0) is 44.0 Å². The van der Waals surface area contributed by atoms with Crippen LogP contribution in [0.15, 0.2) is 55.0 Å². The van der Waals surface area contributed by atoms with E-state index < -0.39 is 0 Å². The molecule has 0 spiro atoms. The Morgan fingerprint density at radius 1 is 1.03 bits per heavy atom. The van der Waals surface area contributed by atoms with Crippen LogP contribution in [0.1, 0.15) is 19.3 Å². The van der Waals surface area contributed by atoms with Gasteiger partial charge in [0.25, 0.3) is 0 Å². The third kappa shape index (κ3) is 6.01. The van der Waals surface area contributed by atoms with Gasteiger partial charge in [-0.15, -0.1) is 12.4 Å². The summed E-state index contributed by atoms with van der Waals surface area (Å²) in [5.74, 6) is 1.47. The molecule has 0 aliphatic carbocycles. The highest BCUT2D eigenvalue weighted by molar-refractivity contribution is 5.85. The highest BCUT2D eigenvalue weighted by Gasteiger charge is 2.23. The number of benzene rings is 2. The Bertz CT molecular complexity index is 1340. The van der Waals surface area contributed by atoms with E-state index in [2.05, 4.69) is 32.0 Å². The molecule has 0 unspecified atom stereocenters. The third-order valence-electron chi connectivity index (χ3n) is 7.02. The Morgan fingerprint density at radius 2 is 1.82 bits per heavy atom. The van der Waals surface area contributed by atoms with Crippen molar-refractivity contribution >= 4 is 34.8 Å². The number of halogens is 1. The smallest absolute Gasteiger partial charge is 0.124 e. The lowest BCUT2D eigenvalue weighted by Crippen LogP contribution is -2.34. The number of anilines is 2. The van der Waals surface area contributed by atoms with Crippen LogP contribution in [0.2, 0.25) is 0 Å². The molecule has 9 nitrogen and oxygen atoms in total. The Labute approximate surface area is 229 Å². The van der Waals surface area contributed by atoms with Gasteiger partial charge >= 0.3 is 0 Å². The van der Waals surface area contributed by atoms with Crippen molar-refractivity contribution in [2.24, 2.45) is 7.05 Å². The number of hydrogen-bond donors (Lipinski definition) is 1. The Morgan fingerprint density at radius 3 is 2.50 bits per heavy atom. The molecule has 0 saturated carbocycles. The number of nitrogens with zero attached hydrogens (tertiary/aromatic N) is 6. The van der Waals surface area contributed by atoms with Crippen LogP contribution >= 0.6 is 12.4 Å². The fourth-order valence-electron chi connectivity index (χ4n) is 5.04. The van der Waals surface area contributed by atoms with Crippen LogP contribution in [-0.4, -0.2) is 76.3 Å². The van der Waals surface area contributed by atoms with E-state index in [4.69, 9.17) is 14.5 Å². The number of hydrogen-bond acceptors (Lipinski definition) is 8. The lowest BCUT2D eigenvalue weighted by Gasteiger charge is -2.28. The van der Waals surface area contributed by atoms with Crippen molar-refractivity contribution in [3.63, 3.8) is 0 Å². The van der Waals surface area contributed by atoms with Gasteiger partial charge in [-0.2, -0.15) is 5.10 Å². The number of rotatable bonds is 10. The maximum absolute atomic E-state index is 9.73. The zero-order valence-corrected chi connectivity index (χ0v) is 22.9. The number of aryl methyl sites for hydroxylation is 1. The minimum Gasteiger partial charge on any atom is -0.497 e. The molecule has 4 aromatic rings. The zero-order chi connectivity index (χ0) is 25.8. The molecule has 0 amide bonds.